The predicted molar refractivity (Wildman–Crippen MR) is 81.8 cm³/mol. The van der Waals surface area contributed by atoms with Crippen molar-refractivity contribution in [2.75, 3.05) is 20.3 Å². The Balaban J connectivity index is 3.15. The number of non-ortho nitro benzene ring substituents is 1. The number of amides is 1. The van der Waals surface area contributed by atoms with Gasteiger partial charge in [-0.25, -0.2) is 9.86 Å². The number of carbonyl (C=O) groups excluding carboxylic acids is 2. The quantitative estimate of drug-likeness (QED) is 0.315. The maximum Gasteiger partial charge on any atom is 0.338 e. The van der Waals surface area contributed by atoms with E-state index in [-0.39, 0.29) is 24.3 Å². The van der Waals surface area contributed by atoms with Crippen LogP contribution in [0.25, 0.3) is 0 Å². The van der Waals surface area contributed by atoms with E-state index in [2.05, 4.69) is 13.2 Å². The zero-order valence-corrected chi connectivity index (χ0v) is 12.6. The lowest BCUT2D eigenvalue weighted by Crippen LogP contribution is -2.27. The van der Waals surface area contributed by atoms with Crippen molar-refractivity contribution in [3.8, 4) is 0 Å². The maximum absolute atomic E-state index is 12.2. The molecule has 0 spiro atoms. The van der Waals surface area contributed by atoms with Crippen LogP contribution in [0.5, 0.6) is 0 Å². The van der Waals surface area contributed by atoms with E-state index in [4.69, 9.17) is 9.57 Å². The lowest BCUT2D eigenvalue weighted by molar-refractivity contribution is -0.384. The Morgan fingerprint density at radius 3 is 2.39 bits per heavy atom. The number of benzene rings is 1. The molecule has 0 atom stereocenters. The van der Waals surface area contributed by atoms with Gasteiger partial charge >= 0.3 is 5.97 Å². The Morgan fingerprint density at radius 2 is 1.83 bits per heavy atom. The van der Waals surface area contributed by atoms with Crippen LogP contribution in [-0.2, 0) is 9.57 Å². The summed E-state index contributed by atoms with van der Waals surface area (Å²) < 4.78 is 4.82. The molecule has 1 amide bonds. The van der Waals surface area contributed by atoms with Crippen LogP contribution in [0.2, 0.25) is 0 Å². The molecule has 1 aromatic carbocycles. The molecule has 0 aliphatic rings. The number of rotatable bonds is 8. The number of nitro groups is 1. The van der Waals surface area contributed by atoms with Crippen LogP contribution in [0.15, 0.2) is 43.5 Å². The number of esters is 1. The summed E-state index contributed by atoms with van der Waals surface area (Å²) in [5, 5.41) is 11.9. The summed E-state index contributed by atoms with van der Waals surface area (Å²) in [6.45, 7) is 6.89. The van der Waals surface area contributed by atoms with Gasteiger partial charge in [-0.05, 0) is 6.07 Å². The largest absolute Gasteiger partial charge is 0.458 e. The highest BCUT2D eigenvalue weighted by atomic mass is 16.7. The van der Waals surface area contributed by atoms with Gasteiger partial charge in [-0.15, -0.1) is 6.58 Å². The van der Waals surface area contributed by atoms with E-state index >= 15 is 0 Å². The van der Waals surface area contributed by atoms with Gasteiger partial charge in [-0.3, -0.25) is 19.7 Å². The topological polar surface area (TPSA) is 99.0 Å². The van der Waals surface area contributed by atoms with Crippen molar-refractivity contribution in [3.05, 3.63) is 64.8 Å². The van der Waals surface area contributed by atoms with E-state index in [1.54, 1.807) is 0 Å². The molecule has 1 aromatic rings. The molecule has 0 heterocycles. The van der Waals surface area contributed by atoms with Crippen LogP contribution < -0.4 is 0 Å². The van der Waals surface area contributed by atoms with Gasteiger partial charge in [-0.2, -0.15) is 0 Å². The third kappa shape index (κ3) is 5.04. The van der Waals surface area contributed by atoms with E-state index in [0.717, 1.165) is 17.2 Å². The van der Waals surface area contributed by atoms with Gasteiger partial charge in [0.1, 0.15) is 6.61 Å². The van der Waals surface area contributed by atoms with E-state index < -0.39 is 22.5 Å². The molecule has 0 N–H and O–H groups in total. The first kappa shape index (κ1) is 18.1. The fourth-order valence-electron chi connectivity index (χ4n) is 1.58. The molecule has 122 valence electrons. The SMILES string of the molecule is C=CCOC(=O)c1cc(C(=O)N(C)OCC=C)cc([N+](=O)[O-])c1. The van der Waals surface area contributed by atoms with Crippen LogP contribution in [0.3, 0.4) is 0 Å². The summed E-state index contributed by atoms with van der Waals surface area (Å²) in [7, 11) is 1.35. The minimum absolute atomic E-state index is 0.0485. The number of nitrogens with zero attached hydrogens (tertiary/aromatic N) is 2. The average Bonchev–Trinajstić information content (AvgIpc) is 2.56. The molecule has 0 saturated carbocycles. The van der Waals surface area contributed by atoms with E-state index in [1.165, 1.54) is 25.3 Å². The summed E-state index contributed by atoms with van der Waals surface area (Å²) in [5.74, 6) is -1.44. The number of hydrogen-bond donors (Lipinski definition) is 0. The number of hydroxylamine groups is 2. The predicted octanol–water partition coefficient (Wildman–Crippen LogP) is 2.13. The van der Waals surface area contributed by atoms with E-state index in [1.807, 2.05) is 0 Å². The Bertz CT molecular complexity index is 641. The Hall–Kier alpha value is -3.00. The van der Waals surface area contributed by atoms with Crippen molar-refractivity contribution in [2.45, 2.75) is 0 Å². The zero-order chi connectivity index (χ0) is 17.4. The minimum atomic E-state index is -0.794. The fraction of sp³-hybridized carbons (Fsp3) is 0.200. The summed E-state index contributed by atoms with van der Waals surface area (Å²) in [6.07, 6.45) is 2.80. The van der Waals surface area contributed by atoms with Crippen molar-refractivity contribution >= 4 is 17.6 Å². The number of nitro benzene ring substituents is 1. The van der Waals surface area contributed by atoms with Gasteiger partial charge in [0, 0.05) is 24.7 Å². The first-order chi connectivity index (χ1) is 10.9. The molecule has 0 unspecified atom stereocenters. The molecule has 23 heavy (non-hydrogen) atoms. The maximum atomic E-state index is 12.2. The number of carbonyl (C=O) groups is 2. The molecule has 8 heteroatoms. The van der Waals surface area contributed by atoms with Gasteiger partial charge in [0.05, 0.1) is 17.1 Å². The smallest absolute Gasteiger partial charge is 0.338 e. The van der Waals surface area contributed by atoms with Crippen molar-refractivity contribution in [1.82, 2.24) is 5.06 Å². The second kappa shape index (κ2) is 8.44. The number of hydrogen-bond acceptors (Lipinski definition) is 6. The molecule has 0 aliphatic carbocycles. The lowest BCUT2D eigenvalue weighted by Gasteiger charge is -2.16. The standard InChI is InChI=1S/C15H16N2O6/c1-4-6-22-15(19)12-8-11(9-13(10-12)17(20)21)14(18)16(3)23-7-5-2/h4-5,8-10H,1-2,6-7H2,3H3. The third-order valence-electron chi connectivity index (χ3n) is 2.62. The van der Waals surface area contributed by atoms with Crippen molar-refractivity contribution in [2.24, 2.45) is 0 Å². The molecule has 0 fully saturated rings. The highest BCUT2D eigenvalue weighted by Crippen LogP contribution is 2.19. The molecule has 0 radical (unpaired) electrons. The van der Waals surface area contributed by atoms with Crippen molar-refractivity contribution < 1.29 is 24.1 Å². The zero-order valence-electron chi connectivity index (χ0n) is 12.6. The van der Waals surface area contributed by atoms with Gasteiger partial charge in [-0.1, -0.05) is 18.7 Å². The molecule has 0 saturated heterocycles. The van der Waals surface area contributed by atoms with Gasteiger partial charge in [0.2, 0.25) is 0 Å². The van der Waals surface area contributed by atoms with Crippen molar-refractivity contribution in [3.63, 3.8) is 0 Å². The lowest BCUT2D eigenvalue weighted by atomic mass is 10.1. The van der Waals surface area contributed by atoms with Gasteiger partial charge in [0.25, 0.3) is 11.6 Å². The monoisotopic (exact) mass is 320 g/mol. The Morgan fingerprint density at radius 1 is 1.22 bits per heavy atom. The first-order valence-electron chi connectivity index (χ1n) is 6.50. The van der Waals surface area contributed by atoms with Crippen LogP contribution >= 0.6 is 0 Å². The van der Waals surface area contributed by atoms with E-state index in [9.17, 15) is 19.7 Å². The first-order valence-corrected chi connectivity index (χ1v) is 6.50. The van der Waals surface area contributed by atoms with E-state index in [0.29, 0.717) is 0 Å². The molecule has 0 aliphatic heterocycles. The molecular weight excluding hydrogens is 304 g/mol. The highest BCUT2D eigenvalue weighted by molar-refractivity contribution is 5.98. The molecule has 0 bridgehead atoms. The van der Waals surface area contributed by atoms with Crippen LogP contribution in [0, 0.1) is 10.1 Å². The second-order valence-corrected chi connectivity index (χ2v) is 4.30. The summed E-state index contributed by atoms with van der Waals surface area (Å²) in [5.41, 5.74) is -0.587. The van der Waals surface area contributed by atoms with Gasteiger partial charge in [0.15, 0.2) is 0 Å². The molecule has 0 aromatic heterocycles. The fourth-order valence-corrected chi connectivity index (χ4v) is 1.58. The summed E-state index contributed by atoms with van der Waals surface area (Å²) in [4.78, 5) is 39.3. The molecular formula is C15H16N2O6. The third-order valence-corrected chi connectivity index (χ3v) is 2.62. The number of ether oxygens (including phenoxy) is 1. The van der Waals surface area contributed by atoms with Crippen LogP contribution in [0.4, 0.5) is 5.69 Å². The molecule has 1 rings (SSSR count). The summed E-state index contributed by atoms with van der Waals surface area (Å²) >= 11 is 0. The highest BCUT2D eigenvalue weighted by Gasteiger charge is 2.21. The Labute approximate surface area is 132 Å². The average molecular weight is 320 g/mol. The second-order valence-electron chi connectivity index (χ2n) is 4.30. The Kier molecular flexibility index (Phi) is 6.63. The van der Waals surface area contributed by atoms with Gasteiger partial charge < -0.3 is 4.74 Å². The summed E-state index contributed by atoms with van der Waals surface area (Å²) in [6, 6.07) is 3.29. The molecule has 8 nitrogen and oxygen atoms in total. The van der Waals surface area contributed by atoms with Crippen molar-refractivity contribution in [1.29, 1.82) is 0 Å². The minimum Gasteiger partial charge on any atom is -0.458 e. The van der Waals surface area contributed by atoms with Crippen LogP contribution in [-0.4, -0.2) is 42.1 Å². The normalized spacial score (nSPS) is 9.78. The van der Waals surface area contributed by atoms with Crippen LogP contribution in [0.1, 0.15) is 20.7 Å².